The summed E-state index contributed by atoms with van der Waals surface area (Å²) in [6.07, 6.45) is -2.08. The number of aromatic amines is 1. The lowest BCUT2D eigenvalue weighted by Gasteiger charge is -2.22. The summed E-state index contributed by atoms with van der Waals surface area (Å²) in [5.74, 6) is 0.946. The van der Waals surface area contributed by atoms with Gasteiger partial charge in [0, 0.05) is 39.9 Å². The highest BCUT2D eigenvalue weighted by atomic mass is 32.2. The molecular weight excluding hydrogens is 439 g/mol. The van der Waals surface area contributed by atoms with Crippen LogP contribution in [0.5, 0.6) is 0 Å². The normalized spacial score (nSPS) is 20.5. The summed E-state index contributed by atoms with van der Waals surface area (Å²) in [7, 11) is -4.64. The standard InChI is InChI=1S/C19H18F3N3O3S2/c20-19(21,22)17-11-16-15(5-8-23-18(16)24-17)12-1-3-14(4-2-12)30(27,28)25-13-6-9-29(26)10-7-13/h1-5,8,11,13,25H,6-7,9-10H2,(H,23,24). The summed E-state index contributed by atoms with van der Waals surface area (Å²) in [4.78, 5) is 6.27. The van der Waals surface area contributed by atoms with E-state index in [0.29, 0.717) is 40.9 Å². The van der Waals surface area contributed by atoms with Crippen LogP contribution in [-0.2, 0) is 27.0 Å². The van der Waals surface area contributed by atoms with Crippen molar-refractivity contribution in [2.24, 2.45) is 0 Å². The summed E-state index contributed by atoms with van der Waals surface area (Å²) in [5, 5.41) is 0.300. The lowest BCUT2D eigenvalue weighted by atomic mass is 10.0. The van der Waals surface area contributed by atoms with E-state index in [2.05, 4.69) is 14.7 Å². The number of nitrogens with one attached hydrogen (secondary N) is 2. The van der Waals surface area contributed by atoms with Crippen LogP contribution in [-0.4, -0.2) is 40.1 Å². The van der Waals surface area contributed by atoms with Crippen LogP contribution in [0.2, 0.25) is 0 Å². The van der Waals surface area contributed by atoms with Crippen molar-refractivity contribution in [2.45, 2.75) is 30.0 Å². The minimum Gasteiger partial charge on any atom is -0.336 e. The first kappa shape index (κ1) is 21.0. The summed E-state index contributed by atoms with van der Waals surface area (Å²) in [5.41, 5.74) is 0.294. The van der Waals surface area contributed by atoms with E-state index in [4.69, 9.17) is 0 Å². The van der Waals surface area contributed by atoms with Crippen LogP contribution in [0.1, 0.15) is 18.5 Å². The van der Waals surface area contributed by atoms with Crippen LogP contribution >= 0.6 is 0 Å². The number of H-pyrrole nitrogens is 1. The monoisotopic (exact) mass is 457 g/mol. The Morgan fingerprint density at radius 3 is 2.40 bits per heavy atom. The molecule has 3 heterocycles. The SMILES string of the molecule is O=S1CCC(NS(=O)(=O)c2ccc(-c3ccnc4[nH]c(C(F)(F)F)cc34)cc2)CC1. The predicted molar refractivity (Wildman–Crippen MR) is 108 cm³/mol. The van der Waals surface area contributed by atoms with Crippen LogP contribution in [0.4, 0.5) is 13.2 Å². The average molecular weight is 457 g/mol. The summed E-state index contributed by atoms with van der Waals surface area (Å²) in [6, 6.07) is 8.27. The number of hydrogen-bond acceptors (Lipinski definition) is 4. The maximum absolute atomic E-state index is 13.0. The molecule has 1 saturated heterocycles. The second-order valence-corrected chi connectivity index (χ2v) is 10.5. The molecule has 1 aliphatic rings. The maximum atomic E-state index is 13.0. The van der Waals surface area contributed by atoms with Gasteiger partial charge >= 0.3 is 6.18 Å². The van der Waals surface area contributed by atoms with Gasteiger partial charge in [0.2, 0.25) is 10.0 Å². The number of aromatic nitrogens is 2. The molecule has 1 aliphatic heterocycles. The van der Waals surface area contributed by atoms with Crippen molar-refractivity contribution in [3.8, 4) is 11.1 Å². The largest absolute Gasteiger partial charge is 0.431 e. The molecule has 0 saturated carbocycles. The van der Waals surface area contributed by atoms with E-state index < -0.39 is 32.7 Å². The van der Waals surface area contributed by atoms with Gasteiger partial charge in [0.1, 0.15) is 11.3 Å². The third-order valence-electron chi connectivity index (χ3n) is 5.02. The molecule has 2 aromatic heterocycles. The van der Waals surface area contributed by atoms with Gasteiger partial charge in [-0.2, -0.15) is 13.2 Å². The zero-order valence-electron chi connectivity index (χ0n) is 15.6. The van der Waals surface area contributed by atoms with Crippen LogP contribution < -0.4 is 4.72 Å². The summed E-state index contributed by atoms with van der Waals surface area (Å²) in [6.45, 7) is 0. The van der Waals surface area contributed by atoms with Crippen molar-refractivity contribution < 1.29 is 25.8 Å². The van der Waals surface area contributed by atoms with Crippen molar-refractivity contribution in [3.05, 3.63) is 48.3 Å². The first-order valence-corrected chi connectivity index (χ1v) is 12.1. The zero-order chi connectivity index (χ0) is 21.5. The Morgan fingerprint density at radius 1 is 1.10 bits per heavy atom. The van der Waals surface area contributed by atoms with Crippen molar-refractivity contribution >= 4 is 31.9 Å². The summed E-state index contributed by atoms with van der Waals surface area (Å²) >= 11 is 0. The van der Waals surface area contributed by atoms with Gasteiger partial charge in [0.15, 0.2) is 0 Å². The number of sulfonamides is 1. The molecule has 0 aliphatic carbocycles. The molecule has 0 bridgehead atoms. The number of fused-ring (bicyclic) bond motifs is 1. The van der Waals surface area contributed by atoms with Gasteiger partial charge in [-0.1, -0.05) is 12.1 Å². The third-order valence-corrected chi connectivity index (χ3v) is 7.94. The molecule has 3 aromatic rings. The van der Waals surface area contributed by atoms with Crippen molar-refractivity contribution in [1.29, 1.82) is 0 Å². The minimum atomic E-state index is -4.52. The Hall–Kier alpha value is -2.24. The Kier molecular flexibility index (Phi) is 5.45. The van der Waals surface area contributed by atoms with Crippen LogP contribution in [0, 0.1) is 0 Å². The quantitative estimate of drug-likeness (QED) is 0.628. The van der Waals surface area contributed by atoms with Gasteiger partial charge in [-0.15, -0.1) is 0 Å². The first-order chi connectivity index (χ1) is 14.1. The molecule has 0 unspecified atom stereocenters. The lowest BCUT2D eigenvalue weighted by molar-refractivity contribution is -0.140. The Bertz CT molecular complexity index is 1200. The molecule has 0 spiro atoms. The van der Waals surface area contributed by atoms with Gasteiger partial charge in [0.25, 0.3) is 0 Å². The van der Waals surface area contributed by atoms with E-state index in [1.54, 1.807) is 18.2 Å². The molecule has 6 nitrogen and oxygen atoms in total. The smallest absolute Gasteiger partial charge is 0.336 e. The molecule has 1 fully saturated rings. The van der Waals surface area contributed by atoms with Crippen molar-refractivity contribution in [1.82, 2.24) is 14.7 Å². The maximum Gasteiger partial charge on any atom is 0.431 e. The predicted octanol–water partition coefficient (Wildman–Crippen LogP) is 3.44. The number of nitrogens with zero attached hydrogens (tertiary/aromatic N) is 1. The van der Waals surface area contributed by atoms with Crippen LogP contribution in [0.15, 0.2) is 47.5 Å². The molecular formula is C19H18F3N3O3S2. The van der Waals surface area contributed by atoms with E-state index in [1.807, 2.05) is 0 Å². The van der Waals surface area contributed by atoms with E-state index in [0.717, 1.165) is 6.07 Å². The van der Waals surface area contributed by atoms with Gasteiger partial charge in [0.05, 0.1) is 4.90 Å². The molecule has 11 heteroatoms. The highest BCUT2D eigenvalue weighted by Crippen LogP contribution is 2.34. The minimum absolute atomic E-state index is 0.0632. The fourth-order valence-corrected chi connectivity index (χ4v) is 6.05. The summed E-state index contributed by atoms with van der Waals surface area (Å²) < 4.78 is 78.4. The van der Waals surface area contributed by atoms with Gasteiger partial charge in [-0.05, 0) is 48.2 Å². The highest BCUT2D eigenvalue weighted by molar-refractivity contribution is 7.89. The second kappa shape index (κ2) is 7.78. The number of alkyl halides is 3. The lowest BCUT2D eigenvalue weighted by Crippen LogP contribution is -2.39. The van der Waals surface area contributed by atoms with Crippen LogP contribution in [0.25, 0.3) is 22.2 Å². The number of benzene rings is 1. The van der Waals surface area contributed by atoms with E-state index >= 15 is 0 Å². The van der Waals surface area contributed by atoms with Crippen LogP contribution in [0.3, 0.4) is 0 Å². The molecule has 1 aromatic carbocycles. The Labute approximate surface area is 173 Å². The fraction of sp³-hybridized carbons (Fsp3) is 0.316. The number of halogens is 3. The zero-order valence-corrected chi connectivity index (χ0v) is 17.2. The van der Waals surface area contributed by atoms with E-state index in [-0.39, 0.29) is 16.6 Å². The number of rotatable bonds is 4. The van der Waals surface area contributed by atoms with E-state index in [1.165, 1.54) is 18.3 Å². The molecule has 30 heavy (non-hydrogen) atoms. The van der Waals surface area contributed by atoms with Gasteiger partial charge in [-0.25, -0.2) is 18.1 Å². The second-order valence-electron chi connectivity index (χ2n) is 7.07. The van der Waals surface area contributed by atoms with E-state index in [9.17, 15) is 25.8 Å². The number of hydrogen-bond donors (Lipinski definition) is 2. The molecule has 0 atom stereocenters. The van der Waals surface area contributed by atoms with Gasteiger partial charge in [-0.3, -0.25) is 4.21 Å². The topological polar surface area (TPSA) is 91.9 Å². The van der Waals surface area contributed by atoms with Crippen molar-refractivity contribution in [2.75, 3.05) is 11.5 Å². The Morgan fingerprint density at radius 2 is 1.77 bits per heavy atom. The molecule has 2 N–H and O–H groups in total. The Balaban J connectivity index is 1.61. The van der Waals surface area contributed by atoms with Gasteiger partial charge < -0.3 is 4.98 Å². The number of pyridine rings is 1. The average Bonchev–Trinajstić information content (AvgIpc) is 3.15. The molecule has 0 amide bonds. The third kappa shape index (κ3) is 4.28. The molecule has 0 radical (unpaired) electrons. The fourth-order valence-electron chi connectivity index (χ4n) is 3.44. The highest BCUT2D eigenvalue weighted by Gasteiger charge is 2.33. The van der Waals surface area contributed by atoms with Crippen molar-refractivity contribution in [3.63, 3.8) is 0 Å². The first-order valence-electron chi connectivity index (χ1n) is 9.16. The molecule has 4 rings (SSSR count). The molecule has 160 valence electrons.